The molecule has 0 radical (unpaired) electrons. The Balaban J connectivity index is 1.64. The van der Waals surface area contributed by atoms with Crippen LogP contribution >= 0.6 is 11.8 Å². The summed E-state index contributed by atoms with van der Waals surface area (Å²) in [6.07, 6.45) is 0.439. The van der Waals surface area contributed by atoms with Gasteiger partial charge in [-0.3, -0.25) is 4.79 Å². The van der Waals surface area contributed by atoms with Crippen LogP contribution in [0.25, 0.3) is 5.69 Å². The lowest BCUT2D eigenvalue weighted by Crippen LogP contribution is -2.39. The molecule has 0 aliphatic carbocycles. The molecule has 3 heterocycles. The number of piperidine rings is 1. The summed E-state index contributed by atoms with van der Waals surface area (Å²) in [6, 6.07) is 6.94. The minimum absolute atomic E-state index is 0.211. The van der Waals surface area contributed by atoms with Gasteiger partial charge in [-0.1, -0.05) is 23.9 Å². The zero-order valence-corrected chi connectivity index (χ0v) is 18.5. The van der Waals surface area contributed by atoms with Gasteiger partial charge in [0.15, 0.2) is 10.9 Å². The lowest BCUT2D eigenvalue weighted by atomic mass is 10.00. The molecule has 1 aliphatic rings. The van der Waals surface area contributed by atoms with Crippen molar-refractivity contribution >= 4 is 17.7 Å². The highest BCUT2D eigenvalue weighted by molar-refractivity contribution is 7.98. The lowest BCUT2D eigenvalue weighted by molar-refractivity contribution is -0.274. The summed E-state index contributed by atoms with van der Waals surface area (Å²) in [6.45, 7) is 3.39. The molecule has 33 heavy (non-hydrogen) atoms. The van der Waals surface area contributed by atoms with Gasteiger partial charge in [-0.15, -0.1) is 18.3 Å². The average Bonchev–Trinajstić information content (AvgIpc) is 3.21. The molecule has 4 rings (SSSR count). The quantitative estimate of drug-likeness (QED) is 0.389. The maximum atomic E-state index is 13.3. The predicted octanol–water partition coefficient (Wildman–Crippen LogP) is 4.12. The topological polar surface area (TPSA) is 86.0 Å². The Hall–Kier alpha value is -3.15. The number of aromatic nitrogens is 5. The molecule has 174 valence electrons. The van der Waals surface area contributed by atoms with Gasteiger partial charge in [0, 0.05) is 31.2 Å². The van der Waals surface area contributed by atoms with Crippen LogP contribution < -0.4 is 4.74 Å². The number of carbonyl (C=O) groups is 1. The number of ether oxygens (including phenoxy) is 1. The molecule has 0 N–H and O–H groups in total. The molecule has 2 aromatic heterocycles. The molecule has 3 aromatic rings. The fourth-order valence-corrected chi connectivity index (χ4v) is 4.41. The first-order chi connectivity index (χ1) is 15.8. The number of alkyl halides is 3. The maximum absolute atomic E-state index is 13.3. The number of benzene rings is 1. The number of carbonyl (C=O) groups excluding carboxylic acids is 1. The van der Waals surface area contributed by atoms with Crippen LogP contribution in [-0.4, -0.2) is 55.2 Å². The van der Waals surface area contributed by atoms with Gasteiger partial charge in [0.1, 0.15) is 5.75 Å². The first kappa shape index (κ1) is 23.0. The van der Waals surface area contributed by atoms with Crippen molar-refractivity contribution in [2.24, 2.45) is 5.92 Å². The number of amides is 1. The van der Waals surface area contributed by atoms with Crippen LogP contribution in [0.3, 0.4) is 0 Å². The van der Waals surface area contributed by atoms with E-state index in [1.54, 1.807) is 23.4 Å². The molecule has 1 unspecified atom stereocenters. The van der Waals surface area contributed by atoms with E-state index in [0.717, 1.165) is 12.8 Å². The van der Waals surface area contributed by atoms with Gasteiger partial charge >= 0.3 is 6.36 Å². The van der Waals surface area contributed by atoms with E-state index in [0.29, 0.717) is 41.3 Å². The molecular formula is C21H21F3N6O2S. The van der Waals surface area contributed by atoms with Crippen molar-refractivity contribution in [3.63, 3.8) is 0 Å². The van der Waals surface area contributed by atoms with Crippen LogP contribution in [0.2, 0.25) is 0 Å². The van der Waals surface area contributed by atoms with Gasteiger partial charge in [0.25, 0.3) is 5.91 Å². The summed E-state index contributed by atoms with van der Waals surface area (Å²) in [5.41, 5.74) is 1.18. The number of nitrogens with zero attached hydrogens (tertiary/aromatic N) is 6. The molecule has 0 saturated carbocycles. The van der Waals surface area contributed by atoms with E-state index in [9.17, 15) is 18.0 Å². The van der Waals surface area contributed by atoms with Crippen LogP contribution in [0.1, 0.15) is 35.9 Å². The minimum Gasteiger partial charge on any atom is -0.406 e. The Labute approximate surface area is 192 Å². The van der Waals surface area contributed by atoms with Crippen molar-refractivity contribution in [1.82, 2.24) is 29.9 Å². The van der Waals surface area contributed by atoms with E-state index in [1.165, 1.54) is 40.7 Å². The smallest absolute Gasteiger partial charge is 0.406 e. The molecule has 0 bridgehead atoms. The number of rotatable bonds is 6. The monoisotopic (exact) mass is 478 g/mol. The summed E-state index contributed by atoms with van der Waals surface area (Å²) in [7, 11) is 0. The second kappa shape index (κ2) is 9.77. The molecule has 0 spiro atoms. The standard InChI is InChI=1S/C21H21F3N6O2S/c1-14-4-2-11-29(12-14)19(31)18-17(13-33-20-25-9-3-10-26-20)30(28-27-18)15-5-7-16(8-6-15)32-21(22,23)24/h3,5-10,14H,2,4,11-13H2,1H3. The van der Waals surface area contributed by atoms with Gasteiger partial charge in [0.05, 0.1) is 11.4 Å². The highest BCUT2D eigenvalue weighted by Crippen LogP contribution is 2.27. The summed E-state index contributed by atoms with van der Waals surface area (Å²) in [5.74, 6) is 0.130. The second-order valence-electron chi connectivity index (χ2n) is 7.66. The number of halogens is 3. The molecule has 12 heteroatoms. The van der Waals surface area contributed by atoms with E-state index < -0.39 is 6.36 Å². The van der Waals surface area contributed by atoms with Crippen LogP contribution in [0, 0.1) is 5.92 Å². The van der Waals surface area contributed by atoms with Gasteiger partial charge in [-0.2, -0.15) is 0 Å². The maximum Gasteiger partial charge on any atom is 0.573 e. The van der Waals surface area contributed by atoms with Crippen LogP contribution in [-0.2, 0) is 5.75 Å². The predicted molar refractivity (Wildman–Crippen MR) is 114 cm³/mol. The van der Waals surface area contributed by atoms with Gasteiger partial charge in [-0.25, -0.2) is 14.6 Å². The Kier molecular flexibility index (Phi) is 6.82. The van der Waals surface area contributed by atoms with Gasteiger partial charge < -0.3 is 9.64 Å². The summed E-state index contributed by atoms with van der Waals surface area (Å²) in [5, 5.41) is 8.80. The van der Waals surface area contributed by atoms with Gasteiger partial charge in [0.2, 0.25) is 0 Å². The Bertz CT molecular complexity index is 1090. The summed E-state index contributed by atoms with van der Waals surface area (Å²) >= 11 is 1.31. The minimum atomic E-state index is -4.78. The molecule has 8 nitrogen and oxygen atoms in total. The third-order valence-electron chi connectivity index (χ3n) is 5.10. The zero-order valence-electron chi connectivity index (χ0n) is 17.7. The first-order valence-electron chi connectivity index (χ1n) is 10.3. The molecule has 1 aliphatic heterocycles. The van der Waals surface area contributed by atoms with E-state index >= 15 is 0 Å². The lowest BCUT2D eigenvalue weighted by Gasteiger charge is -2.30. The average molecular weight is 479 g/mol. The SMILES string of the molecule is CC1CCCN(C(=O)c2nnn(-c3ccc(OC(F)(F)F)cc3)c2CSc2ncccn2)C1. The molecular weight excluding hydrogens is 457 g/mol. The van der Waals surface area contributed by atoms with E-state index in [1.807, 2.05) is 0 Å². The van der Waals surface area contributed by atoms with Crippen molar-refractivity contribution in [2.45, 2.75) is 37.0 Å². The highest BCUT2D eigenvalue weighted by atomic mass is 32.2. The Morgan fingerprint density at radius 3 is 2.61 bits per heavy atom. The number of likely N-dealkylation sites (tertiary alicyclic amines) is 1. The number of hydrogen-bond acceptors (Lipinski definition) is 7. The molecule has 1 fully saturated rings. The zero-order chi connectivity index (χ0) is 23.4. The second-order valence-corrected chi connectivity index (χ2v) is 8.60. The van der Waals surface area contributed by atoms with E-state index in [2.05, 4.69) is 31.9 Å². The third kappa shape index (κ3) is 5.81. The normalized spacial score (nSPS) is 16.6. The fraction of sp³-hybridized carbons (Fsp3) is 0.381. The third-order valence-corrected chi connectivity index (χ3v) is 5.99. The molecule has 1 amide bonds. The Morgan fingerprint density at radius 1 is 1.21 bits per heavy atom. The molecule has 1 aromatic carbocycles. The fourth-order valence-electron chi connectivity index (χ4n) is 3.61. The van der Waals surface area contributed by atoms with Crippen molar-refractivity contribution in [1.29, 1.82) is 0 Å². The summed E-state index contributed by atoms with van der Waals surface area (Å²) < 4.78 is 42.8. The number of hydrogen-bond donors (Lipinski definition) is 0. The van der Waals surface area contributed by atoms with Crippen LogP contribution in [0.5, 0.6) is 5.75 Å². The van der Waals surface area contributed by atoms with Crippen molar-refractivity contribution in [3.05, 3.63) is 54.1 Å². The van der Waals surface area contributed by atoms with E-state index in [4.69, 9.17) is 0 Å². The van der Waals surface area contributed by atoms with Crippen molar-refractivity contribution in [2.75, 3.05) is 13.1 Å². The van der Waals surface area contributed by atoms with Crippen LogP contribution in [0.4, 0.5) is 13.2 Å². The number of thioether (sulfide) groups is 1. The summed E-state index contributed by atoms with van der Waals surface area (Å²) in [4.78, 5) is 23.4. The molecule has 1 atom stereocenters. The highest BCUT2D eigenvalue weighted by Gasteiger charge is 2.31. The largest absolute Gasteiger partial charge is 0.573 e. The first-order valence-corrected chi connectivity index (χ1v) is 11.3. The van der Waals surface area contributed by atoms with Crippen molar-refractivity contribution < 1.29 is 22.7 Å². The van der Waals surface area contributed by atoms with Gasteiger partial charge in [-0.05, 0) is 49.1 Å². The molecule has 1 saturated heterocycles. The van der Waals surface area contributed by atoms with Crippen molar-refractivity contribution in [3.8, 4) is 11.4 Å². The van der Waals surface area contributed by atoms with E-state index in [-0.39, 0.29) is 17.4 Å². The van der Waals surface area contributed by atoms with Crippen LogP contribution in [0.15, 0.2) is 47.9 Å². The Morgan fingerprint density at radius 2 is 1.94 bits per heavy atom.